The van der Waals surface area contributed by atoms with Crippen molar-refractivity contribution in [3.05, 3.63) is 71.5 Å². The van der Waals surface area contributed by atoms with E-state index in [0.29, 0.717) is 30.8 Å². The number of rotatable bonds is 15. The maximum atomic E-state index is 11.6. The first-order valence-electron chi connectivity index (χ1n) is 14.5. The molecule has 216 valence electrons. The Labute approximate surface area is 240 Å². The van der Waals surface area contributed by atoms with E-state index in [-0.39, 0.29) is 12.7 Å². The maximum absolute atomic E-state index is 11.6. The molecule has 0 saturated heterocycles. The number of nitrogens with one attached hydrogen (secondary N) is 2. The lowest BCUT2D eigenvalue weighted by Crippen LogP contribution is -2.16. The number of nitrogens with two attached hydrogens (primary N) is 1. The zero-order valence-electron chi connectivity index (χ0n) is 23.4. The standard InChI is InChI=1S/C32H39N5O4/c33-31(39)23-8-9-26-28-20-35-13-11-27(28)32(37-29(26)18-23)36-14-16-40-15-4-3-12-34-19-22-7-10-30(24(17-22)21-38)41-25-5-1-2-6-25/h7-11,13,17-18,20,25,34,38H,1-6,12,14-16,19,21H2,(H2,33,39)(H,36,37). The van der Waals surface area contributed by atoms with Gasteiger partial charge < -0.3 is 30.9 Å². The fourth-order valence-corrected chi connectivity index (χ4v) is 5.33. The minimum atomic E-state index is -0.479. The molecule has 0 spiro atoms. The topological polar surface area (TPSA) is 132 Å². The lowest BCUT2D eigenvalue weighted by atomic mass is 10.1. The summed E-state index contributed by atoms with van der Waals surface area (Å²) in [5.74, 6) is 1.06. The molecule has 4 aromatic rings. The molecule has 0 radical (unpaired) electrons. The highest BCUT2D eigenvalue weighted by molar-refractivity contribution is 6.11. The molecule has 41 heavy (non-hydrogen) atoms. The van der Waals surface area contributed by atoms with Gasteiger partial charge in [-0.05, 0) is 81.0 Å². The molecule has 1 amide bonds. The third-order valence-corrected chi connectivity index (χ3v) is 7.53. The van der Waals surface area contributed by atoms with Gasteiger partial charge in [0.2, 0.25) is 5.91 Å². The SMILES string of the molecule is NC(=O)c1ccc2c(c1)nc(NCCOCCCCNCc1ccc(OC3CCCC3)c(CO)c1)c1ccncc12. The second kappa shape index (κ2) is 14.2. The third-order valence-electron chi connectivity index (χ3n) is 7.53. The number of amides is 1. The van der Waals surface area contributed by atoms with Crippen molar-refractivity contribution >= 4 is 33.4 Å². The molecule has 2 heterocycles. The quantitative estimate of drug-likeness (QED) is 0.122. The Morgan fingerprint density at radius 3 is 2.71 bits per heavy atom. The molecule has 0 unspecified atom stereocenters. The molecule has 0 aliphatic heterocycles. The number of aliphatic hydroxyl groups excluding tert-OH is 1. The Morgan fingerprint density at radius 2 is 1.88 bits per heavy atom. The Balaban J connectivity index is 1.01. The third kappa shape index (κ3) is 7.49. The molecule has 1 saturated carbocycles. The second-order valence-corrected chi connectivity index (χ2v) is 10.5. The molecule has 1 fully saturated rings. The summed E-state index contributed by atoms with van der Waals surface area (Å²) in [6.07, 6.45) is 10.5. The van der Waals surface area contributed by atoms with Crippen LogP contribution in [0.15, 0.2) is 54.9 Å². The molecule has 9 nitrogen and oxygen atoms in total. The molecule has 1 aliphatic rings. The number of fused-ring (bicyclic) bond motifs is 3. The normalized spacial score (nSPS) is 13.7. The van der Waals surface area contributed by atoms with Gasteiger partial charge in [0.15, 0.2) is 0 Å². The first kappa shape index (κ1) is 28.7. The van der Waals surface area contributed by atoms with Crippen molar-refractivity contribution in [2.24, 2.45) is 5.73 Å². The predicted molar refractivity (Wildman–Crippen MR) is 161 cm³/mol. The molecule has 0 atom stereocenters. The number of hydrogen-bond acceptors (Lipinski definition) is 8. The smallest absolute Gasteiger partial charge is 0.248 e. The van der Waals surface area contributed by atoms with Gasteiger partial charge in [0.1, 0.15) is 11.6 Å². The monoisotopic (exact) mass is 557 g/mol. The molecular weight excluding hydrogens is 518 g/mol. The summed E-state index contributed by atoms with van der Waals surface area (Å²) < 4.78 is 11.9. The lowest BCUT2D eigenvalue weighted by molar-refractivity contribution is 0.100. The summed E-state index contributed by atoms with van der Waals surface area (Å²) in [5, 5.41) is 19.5. The van der Waals surface area contributed by atoms with E-state index in [9.17, 15) is 9.90 Å². The van der Waals surface area contributed by atoms with E-state index in [1.54, 1.807) is 18.3 Å². The van der Waals surface area contributed by atoms with Crippen molar-refractivity contribution in [3.63, 3.8) is 0 Å². The number of aromatic nitrogens is 2. The highest BCUT2D eigenvalue weighted by atomic mass is 16.5. The van der Waals surface area contributed by atoms with E-state index < -0.39 is 5.91 Å². The number of hydrogen-bond donors (Lipinski definition) is 4. The summed E-state index contributed by atoms with van der Waals surface area (Å²) >= 11 is 0. The van der Waals surface area contributed by atoms with Crippen LogP contribution in [-0.2, 0) is 17.9 Å². The van der Waals surface area contributed by atoms with Crippen LogP contribution in [0.2, 0.25) is 0 Å². The minimum Gasteiger partial charge on any atom is -0.490 e. The highest BCUT2D eigenvalue weighted by Crippen LogP contribution is 2.29. The van der Waals surface area contributed by atoms with Gasteiger partial charge in [0, 0.05) is 59.4 Å². The summed E-state index contributed by atoms with van der Waals surface area (Å²) in [7, 11) is 0. The number of benzene rings is 2. The Kier molecular flexibility index (Phi) is 9.96. The summed E-state index contributed by atoms with van der Waals surface area (Å²) in [5.41, 5.74) is 8.58. The van der Waals surface area contributed by atoms with E-state index >= 15 is 0 Å². The fourth-order valence-electron chi connectivity index (χ4n) is 5.33. The number of primary amides is 1. The van der Waals surface area contributed by atoms with Crippen LogP contribution in [0.5, 0.6) is 5.75 Å². The predicted octanol–water partition coefficient (Wildman–Crippen LogP) is 4.69. The molecule has 9 heteroatoms. The Bertz CT molecular complexity index is 1470. The van der Waals surface area contributed by atoms with Crippen LogP contribution < -0.4 is 21.1 Å². The van der Waals surface area contributed by atoms with Crippen molar-refractivity contribution in [2.75, 3.05) is 31.6 Å². The average molecular weight is 558 g/mol. The Hall–Kier alpha value is -3.79. The van der Waals surface area contributed by atoms with Crippen LogP contribution in [-0.4, -0.2) is 53.4 Å². The molecule has 5 rings (SSSR count). The van der Waals surface area contributed by atoms with Gasteiger partial charge in [-0.1, -0.05) is 12.1 Å². The van der Waals surface area contributed by atoms with Crippen LogP contribution in [0.3, 0.4) is 0 Å². The van der Waals surface area contributed by atoms with Crippen LogP contribution in [0.25, 0.3) is 21.7 Å². The van der Waals surface area contributed by atoms with E-state index in [1.807, 2.05) is 30.5 Å². The zero-order valence-corrected chi connectivity index (χ0v) is 23.4. The number of pyridine rings is 2. The summed E-state index contributed by atoms with van der Waals surface area (Å²) in [6.45, 7) is 3.48. The van der Waals surface area contributed by atoms with Crippen LogP contribution in [0.4, 0.5) is 5.82 Å². The van der Waals surface area contributed by atoms with Gasteiger partial charge in [0.05, 0.1) is 24.8 Å². The number of carbonyl (C=O) groups excluding carboxylic acids is 1. The van der Waals surface area contributed by atoms with Gasteiger partial charge >= 0.3 is 0 Å². The van der Waals surface area contributed by atoms with Crippen molar-refractivity contribution in [3.8, 4) is 5.75 Å². The summed E-state index contributed by atoms with van der Waals surface area (Å²) in [4.78, 5) is 20.6. The zero-order chi connectivity index (χ0) is 28.4. The average Bonchev–Trinajstić information content (AvgIpc) is 3.51. The highest BCUT2D eigenvalue weighted by Gasteiger charge is 2.18. The molecule has 2 aromatic heterocycles. The molecule has 0 bridgehead atoms. The maximum Gasteiger partial charge on any atom is 0.248 e. The van der Waals surface area contributed by atoms with Gasteiger partial charge in [-0.2, -0.15) is 0 Å². The van der Waals surface area contributed by atoms with Gasteiger partial charge in [-0.25, -0.2) is 4.98 Å². The second-order valence-electron chi connectivity index (χ2n) is 10.5. The van der Waals surface area contributed by atoms with Crippen molar-refractivity contribution < 1.29 is 19.4 Å². The molecule has 1 aliphatic carbocycles. The number of nitrogens with zero attached hydrogens (tertiary/aromatic N) is 2. The molecule has 5 N–H and O–H groups in total. The fraction of sp³-hybridized carbons (Fsp3) is 0.406. The van der Waals surface area contributed by atoms with Gasteiger partial charge in [0.25, 0.3) is 0 Å². The number of ether oxygens (including phenoxy) is 2. The summed E-state index contributed by atoms with van der Waals surface area (Å²) in [6, 6.07) is 13.3. The number of unbranched alkanes of at least 4 members (excludes halogenated alkanes) is 1. The van der Waals surface area contributed by atoms with E-state index in [1.165, 1.54) is 12.8 Å². The first-order valence-corrected chi connectivity index (χ1v) is 14.5. The first-order chi connectivity index (χ1) is 20.1. The van der Waals surface area contributed by atoms with Gasteiger partial charge in [-0.3, -0.25) is 9.78 Å². The van der Waals surface area contributed by atoms with Gasteiger partial charge in [-0.15, -0.1) is 0 Å². The van der Waals surface area contributed by atoms with E-state index in [2.05, 4.69) is 21.7 Å². The van der Waals surface area contributed by atoms with E-state index in [0.717, 1.165) is 77.6 Å². The number of carbonyl (C=O) groups is 1. The lowest BCUT2D eigenvalue weighted by Gasteiger charge is -2.17. The van der Waals surface area contributed by atoms with Crippen LogP contribution in [0.1, 0.15) is 60.0 Å². The van der Waals surface area contributed by atoms with E-state index in [4.69, 9.17) is 20.2 Å². The Morgan fingerprint density at radius 1 is 1.00 bits per heavy atom. The van der Waals surface area contributed by atoms with Crippen molar-refractivity contribution in [1.82, 2.24) is 15.3 Å². The number of anilines is 1. The van der Waals surface area contributed by atoms with Crippen LogP contribution >= 0.6 is 0 Å². The minimum absolute atomic E-state index is 0.0112. The van der Waals surface area contributed by atoms with Crippen molar-refractivity contribution in [1.29, 1.82) is 0 Å². The molecule has 2 aromatic carbocycles. The largest absolute Gasteiger partial charge is 0.490 e. The molecular formula is C32H39N5O4. The number of aliphatic hydroxyl groups is 1. The van der Waals surface area contributed by atoms with Crippen molar-refractivity contribution in [2.45, 2.75) is 57.8 Å². The van der Waals surface area contributed by atoms with Crippen LogP contribution in [0, 0.1) is 0 Å².